The molecule has 2 aromatic heterocycles. The van der Waals surface area contributed by atoms with Gasteiger partial charge in [0.05, 0.1) is 11.8 Å². The first kappa shape index (κ1) is 6.03. The number of aromatic nitrogens is 1. The second kappa shape index (κ2) is 2.16. The third-order valence-corrected chi connectivity index (χ3v) is 1.39. The highest BCUT2D eigenvalue weighted by atomic mass is 16.5. The Labute approximate surface area is 61.8 Å². The van der Waals surface area contributed by atoms with E-state index in [1.54, 1.807) is 18.4 Å². The van der Waals surface area contributed by atoms with E-state index in [9.17, 15) is 4.79 Å². The Morgan fingerprint density at radius 2 is 2.55 bits per heavy atom. The number of furan rings is 1. The highest BCUT2D eigenvalue weighted by Gasteiger charge is 2.02. The average Bonchev–Trinajstić information content (AvgIpc) is 2.46. The van der Waals surface area contributed by atoms with Gasteiger partial charge >= 0.3 is 0 Å². The van der Waals surface area contributed by atoms with Gasteiger partial charge in [-0.2, -0.15) is 0 Å². The lowest BCUT2D eigenvalue weighted by Crippen LogP contribution is -1.86. The van der Waals surface area contributed by atoms with Gasteiger partial charge in [-0.25, -0.2) is 0 Å². The van der Waals surface area contributed by atoms with Crippen LogP contribution in [0.15, 0.2) is 22.8 Å². The maximum atomic E-state index is 9.90. The fourth-order valence-electron chi connectivity index (χ4n) is 0.939. The fraction of sp³-hybridized carbons (Fsp3) is 0. The average molecular weight is 151 g/mol. The highest BCUT2D eigenvalue weighted by Crippen LogP contribution is 2.20. The van der Waals surface area contributed by atoms with Crippen molar-refractivity contribution in [1.82, 2.24) is 4.98 Å². The lowest BCUT2D eigenvalue weighted by molar-refractivity contribution is -0.120. The normalized spacial score (nSPS) is 10.2. The third-order valence-electron chi connectivity index (χ3n) is 1.39. The monoisotopic (exact) mass is 151 g/mol. The second-order valence-electron chi connectivity index (χ2n) is 2.05. The summed E-state index contributed by atoms with van der Waals surface area (Å²) in [6.07, 6.45) is 1.56. The molecule has 0 atom stereocenters. The summed E-state index contributed by atoms with van der Waals surface area (Å²) in [5.41, 5.74) is 1.50. The molecule has 0 amide bonds. The first-order chi connectivity index (χ1) is 5.40. The number of rotatable bonds is 2. The molecule has 56 valence electrons. The van der Waals surface area contributed by atoms with Crippen LogP contribution >= 0.6 is 0 Å². The van der Waals surface area contributed by atoms with Crippen molar-refractivity contribution in [2.24, 2.45) is 0 Å². The molecule has 2 rings (SSSR count). The van der Waals surface area contributed by atoms with Gasteiger partial charge in [-0.1, -0.05) is 0 Å². The minimum atomic E-state index is 0.366. The first-order valence-corrected chi connectivity index (χ1v) is 3.06. The molecule has 4 heteroatoms. The van der Waals surface area contributed by atoms with Gasteiger partial charge in [0.25, 0.3) is 6.47 Å². The van der Waals surface area contributed by atoms with Crippen molar-refractivity contribution < 1.29 is 13.9 Å². The number of nitrogens with one attached hydrogen (secondary N) is 1. The molecule has 0 aliphatic heterocycles. The number of fused-ring (bicyclic) bond motifs is 1. The minimum absolute atomic E-state index is 0.366. The summed E-state index contributed by atoms with van der Waals surface area (Å²) in [7, 11) is 0. The van der Waals surface area contributed by atoms with E-state index in [2.05, 4.69) is 9.72 Å². The Morgan fingerprint density at radius 3 is 3.27 bits per heavy atom. The molecule has 0 radical (unpaired) electrons. The Balaban J connectivity index is 2.49. The van der Waals surface area contributed by atoms with Crippen LogP contribution in [-0.2, 0) is 4.79 Å². The summed E-state index contributed by atoms with van der Waals surface area (Å²) >= 11 is 0. The Kier molecular flexibility index (Phi) is 1.18. The van der Waals surface area contributed by atoms with Crippen molar-refractivity contribution >= 4 is 17.6 Å². The quantitative estimate of drug-likeness (QED) is 0.658. The predicted octanol–water partition coefficient (Wildman–Crippen LogP) is 1.30. The van der Waals surface area contributed by atoms with Crippen LogP contribution in [0.1, 0.15) is 0 Å². The molecular formula is C7H5NO3. The van der Waals surface area contributed by atoms with Crippen molar-refractivity contribution in [1.29, 1.82) is 0 Å². The van der Waals surface area contributed by atoms with E-state index < -0.39 is 0 Å². The molecule has 0 unspecified atom stereocenters. The number of carbonyl (C=O) groups is 1. The van der Waals surface area contributed by atoms with Gasteiger partial charge < -0.3 is 14.1 Å². The SMILES string of the molecule is O=COc1cc2occc2[nH]1. The molecular weight excluding hydrogens is 146 g/mol. The molecule has 0 aliphatic carbocycles. The molecule has 0 bridgehead atoms. The lowest BCUT2D eigenvalue weighted by atomic mass is 10.5. The predicted molar refractivity (Wildman–Crippen MR) is 37.3 cm³/mol. The lowest BCUT2D eigenvalue weighted by Gasteiger charge is -1.86. The number of carbonyl (C=O) groups excluding carboxylic acids is 1. The smallest absolute Gasteiger partial charge is 0.299 e. The molecule has 2 heterocycles. The van der Waals surface area contributed by atoms with Crippen LogP contribution in [0.5, 0.6) is 5.88 Å². The molecule has 0 saturated heterocycles. The fourth-order valence-corrected chi connectivity index (χ4v) is 0.939. The molecule has 0 aliphatic rings. The summed E-state index contributed by atoms with van der Waals surface area (Å²) < 4.78 is 9.57. The topological polar surface area (TPSA) is 55.2 Å². The zero-order chi connectivity index (χ0) is 7.68. The van der Waals surface area contributed by atoms with E-state index in [4.69, 9.17) is 4.42 Å². The molecule has 2 aromatic rings. The van der Waals surface area contributed by atoms with Crippen LogP contribution in [0.25, 0.3) is 11.1 Å². The van der Waals surface area contributed by atoms with Crippen LogP contribution in [0.3, 0.4) is 0 Å². The van der Waals surface area contributed by atoms with Crippen LogP contribution < -0.4 is 4.74 Å². The van der Waals surface area contributed by atoms with Crippen LogP contribution in [0.2, 0.25) is 0 Å². The van der Waals surface area contributed by atoms with E-state index in [0.29, 0.717) is 17.9 Å². The van der Waals surface area contributed by atoms with E-state index in [0.717, 1.165) is 5.52 Å². The number of ether oxygens (including phenoxy) is 1. The van der Waals surface area contributed by atoms with Crippen LogP contribution in [-0.4, -0.2) is 11.5 Å². The zero-order valence-electron chi connectivity index (χ0n) is 5.53. The number of hydrogen-bond acceptors (Lipinski definition) is 3. The van der Waals surface area contributed by atoms with Gasteiger partial charge in [-0.05, 0) is 0 Å². The van der Waals surface area contributed by atoms with Crippen molar-refractivity contribution in [2.45, 2.75) is 0 Å². The maximum Gasteiger partial charge on any atom is 0.299 e. The molecule has 0 saturated carbocycles. The maximum absolute atomic E-state index is 9.90. The van der Waals surface area contributed by atoms with Gasteiger partial charge in [0.1, 0.15) is 0 Å². The van der Waals surface area contributed by atoms with Gasteiger partial charge in [0, 0.05) is 12.1 Å². The number of H-pyrrole nitrogens is 1. The molecule has 11 heavy (non-hydrogen) atoms. The largest absolute Gasteiger partial charge is 0.463 e. The van der Waals surface area contributed by atoms with Crippen molar-refractivity contribution in [2.75, 3.05) is 0 Å². The number of aromatic amines is 1. The Hall–Kier alpha value is -1.71. The van der Waals surface area contributed by atoms with Gasteiger partial charge in [0.2, 0.25) is 5.88 Å². The summed E-state index contributed by atoms with van der Waals surface area (Å²) in [6, 6.07) is 3.37. The molecule has 0 aromatic carbocycles. The van der Waals surface area contributed by atoms with Crippen molar-refractivity contribution in [3.05, 3.63) is 18.4 Å². The molecule has 0 spiro atoms. The molecule has 4 nitrogen and oxygen atoms in total. The van der Waals surface area contributed by atoms with Gasteiger partial charge in [-0.15, -0.1) is 0 Å². The van der Waals surface area contributed by atoms with E-state index >= 15 is 0 Å². The minimum Gasteiger partial charge on any atom is -0.463 e. The zero-order valence-corrected chi connectivity index (χ0v) is 5.53. The summed E-state index contributed by atoms with van der Waals surface area (Å²) in [5, 5.41) is 0. The van der Waals surface area contributed by atoms with E-state index in [-0.39, 0.29) is 0 Å². The number of hydrogen-bond donors (Lipinski definition) is 1. The van der Waals surface area contributed by atoms with Crippen molar-refractivity contribution in [3.63, 3.8) is 0 Å². The summed E-state index contributed by atoms with van der Waals surface area (Å²) in [6.45, 7) is 0.366. The van der Waals surface area contributed by atoms with Crippen LogP contribution in [0.4, 0.5) is 0 Å². The summed E-state index contributed by atoms with van der Waals surface area (Å²) in [5.74, 6) is 0.398. The molecule has 1 N–H and O–H groups in total. The Morgan fingerprint density at radius 1 is 1.64 bits per heavy atom. The van der Waals surface area contributed by atoms with Gasteiger partial charge in [0.15, 0.2) is 5.58 Å². The van der Waals surface area contributed by atoms with E-state index in [1.807, 2.05) is 0 Å². The molecule has 0 fully saturated rings. The van der Waals surface area contributed by atoms with E-state index in [1.165, 1.54) is 0 Å². The second-order valence-corrected chi connectivity index (χ2v) is 2.05. The Bertz CT molecular complexity index is 345. The standard InChI is InChI=1S/C7H5NO3/c9-4-11-7-3-6-5(8-7)1-2-10-6/h1-4,8H. The summed E-state index contributed by atoms with van der Waals surface area (Å²) in [4.78, 5) is 12.7. The van der Waals surface area contributed by atoms with Crippen molar-refractivity contribution in [3.8, 4) is 5.88 Å². The third kappa shape index (κ3) is 0.881. The highest BCUT2D eigenvalue weighted by molar-refractivity contribution is 5.75. The van der Waals surface area contributed by atoms with Crippen LogP contribution in [0, 0.1) is 0 Å². The first-order valence-electron chi connectivity index (χ1n) is 3.06. The van der Waals surface area contributed by atoms with Gasteiger partial charge in [-0.3, -0.25) is 4.79 Å².